The van der Waals surface area contributed by atoms with E-state index in [1.807, 2.05) is 18.2 Å². The van der Waals surface area contributed by atoms with Crippen molar-refractivity contribution in [2.24, 2.45) is 0 Å². The normalized spacial score (nSPS) is 23.3. The number of hydrogen-bond acceptors (Lipinski definition) is 4. The maximum Gasteiger partial charge on any atom is 0.180 e. The zero-order valence-corrected chi connectivity index (χ0v) is 9.50. The predicted molar refractivity (Wildman–Crippen MR) is 64.3 cm³/mol. The molecule has 0 amide bonds. The number of nitrogens with zero attached hydrogens (tertiary/aromatic N) is 1. The van der Waals surface area contributed by atoms with E-state index >= 15 is 0 Å². The van der Waals surface area contributed by atoms with Crippen molar-refractivity contribution in [1.29, 1.82) is 0 Å². The Bertz CT molecular complexity index is 537. The van der Waals surface area contributed by atoms with Crippen LogP contribution in [0.1, 0.15) is 22.4 Å². The second-order valence-electron chi connectivity index (χ2n) is 4.08. The summed E-state index contributed by atoms with van der Waals surface area (Å²) in [6.07, 6.45) is 3.31. The van der Waals surface area contributed by atoms with Crippen LogP contribution in [0, 0.1) is 0 Å². The number of hydrogen-bond donors (Lipinski definition) is 2. The Kier molecular flexibility index (Phi) is 2.02. The lowest BCUT2D eigenvalue weighted by Crippen LogP contribution is -2.22. The summed E-state index contributed by atoms with van der Waals surface area (Å²) < 4.78 is 0. The fourth-order valence-electron chi connectivity index (χ4n) is 2.33. The van der Waals surface area contributed by atoms with Gasteiger partial charge >= 0.3 is 0 Å². The largest absolute Gasteiger partial charge is 0.379 e. The molecule has 1 atom stereocenters. The minimum Gasteiger partial charge on any atom is -0.379 e. The van der Waals surface area contributed by atoms with Gasteiger partial charge in [-0.2, -0.15) is 0 Å². The molecule has 0 saturated carbocycles. The van der Waals surface area contributed by atoms with Crippen molar-refractivity contribution >= 4 is 16.5 Å². The van der Waals surface area contributed by atoms with E-state index in [-0.39, 0.29) is 0 Å². The van der Waals surface area contributed by atoms with Crippen molar-refractivity contribution in [2.45, 2.75) is 18.4 Å². The van der Waals surface area contributed by atoms with E-state index in [1.54, 1.807) is 6.20 Å². The summed E-state index contributed by atoms with van der Waals surface area (Å²) in [4.78, 5) is 4.86. The summed E-state index contributed by atoms with van der Waals surface area (Å²) in [5.74, 6) is 0. The molecule has 2 aromatic rings. The third-order valence-electron chi connectivity index (χ3n) is 3.15. The zero-order valence-electron chi connectivity index (χ0n) is 8.68. The number of aromatic nitrogens is 1. The van der Waals surface area contributed by atoms with Gasteiger partial charge in [-0.15, -0.1) is 0 Å². The highest BCUT2D eigenvalue weighted by molar-refractivity contribution is 7.15. The van der Waals surface area contributed by atoms with Gasteiger partial charge in [0.15, 0.2) is 5.13 Å². The van der Waals surface area contributed by atoms with Gasteiger partial charge in [0.25, 0.3) is 0 Å². The highest BCUT2D eigenvalue weighted by atomic mass is 32.1. The lowest BCUT2D eigenvalue weighted by atomic mass is 9.95. The van der Waals surface area contributed by atoms with Gasteiger partial charge in [-0.25, -0.2) is 4.98 Å². The van der Waals surface area contributed by atoms with Crippen LogP contribution in [0.5, 0.6) is 0 Å². The van der Waals surface area contributed by atoms with E-state index < -0.39 is 5.60 Å². The Morgan fingerprint density at radius 3 is 2.94 bits per heavy atom. The maximum atomic E-state index is 10.7. The highest BCUT2D eigenvalue weighted by Gasteiger charge is 2.39. The number of nitrogen functional groups attached to an aromatic ring is 1. The molecule has 0 aliphatic heterocycles. The van der Waals surface area contributed by atoms with Gasteiger partial charge in [0.1, 0.15) is 5.60 Å². The number of benzene rings is 1. The van der Waals surface area contributed by atoms with Crippen LogP contribution in [-0.2, 0) is 12.0 Å². The number of fused-ring (bicyclic) bond motifs is 1. The zero-order chi connectivity index (χ0) is 11.2. The molecule has 1 aromatic heterocycles. The average Bonchev–Trinajstić information content (AvgIpc) is 2.86. The number of rotatable bonds is 1. The first-order valence-electron chi connectivity index (χ1n) is 5.23. The quantitative estimate of drug-likeness (QED) is 0.789. The molecule has 1 unspecified atom stereocenters. The molecule has 0 fully saturated rings. The number of aryl methyl sites for hydroxylation is 1. The van der Waals surface area contributed by atoms with Crippen molar-refractivity contribution in [3.63, 3.8) is 0 Å². The summed E-state index contributed by atoms with van der Waals surface area (Å²) in [7, 11) is 0. The van der Waals surface area contributed by atoms with Crippen LogP contribution in [0.25, 0.3) is 0 Å². The monoisotopic (exact) mass is 232 g/mol. The molecule has 1 aromatic carbocycles. The second kappa shape index (κ2) is 3.30. The molecule has 16 heavy (non-hydrogen) atoms. The van der Waals surface area contributed by atoms with Gasteiger partial charge in [0.05, 0.1) is 4.88 Å². The first kappa shape index (κ1) is 9.81. The topological polar surface area (TPSA) is 59.1 Å². The molecule has 0 spiro atoms. The van der Waals surface area contributed by atoms with E-state index in [9.17, 15) is 5.11 Å². The average molecular weight is 232 g/mol. The summed E-state index contributed by atoms with van der Waals surface area (Å²) in [5.41, 5.74) is 6.96. The molecular formula is C12H12N2OS. The molecule has 3 nitrogen and oxygen atoms in total. The standard InChI is InChI=1S/C12H12N2OS/c13-11-14-7-10(16-11)12(15)6-5-8-3-1-2-4-9(8)12/h1-4,7,15H,5-6H2,(H2,13,14). The first-order valence-corrected chi connectivity index (χ1v) is 6.04. The number of aliphatic hydroxyl groups is 1. The third kappa shape index (κ3) is 1.27. The van der Waals surface area contributed by atoms with Crippen LogP contribution in [0.4, 0.5) is 5.13 Å². The van der Waals surface area contributed by atoms with Gasteiger partial charge in [-0.05, 0) is 24.0 Å². The van der Waals surface area contributed by atoms with Crippen molar-refractivity contribution < 1.29 is 5.11 Å². The van der Waals surface area contributed by atoms with E-state index in [0.29, 0.717) is 11.6 Å². The highest BCUT2D eigenvalue weighted by Crippen LogP contribution is 2.43. The summed E-state index contributed by atoms with van der Waals surface area (Å²) >= 11 is 1.36. The van der Waals surface area contributed by atoms with Gasteiger partial charge in [-0.1, -0.05) is 35.6 Å². The van der Waals surface area contributed by atoms with Crippen LogP contribution < -0.4 is 5.73 Å². The molecule has 0 radical (unpaired) electrons. The number of anilines is 1. The van der Waals surface area contributed by atoms with Crippen molar-refractivity contribution in [3.05, 3.63) is 46.5 Å². The van der Waals surface area contributed by atoms with E-state index in [4.69, 9.17) is 5.73 Å². The van der Waals surface area contributed by atoms with E-state index in [0.717, 1.165) is 16.9 Å². The fraction of sp³-hybridized carbons (Fsp3) is 0.250. The molecule has 1 aliphatic rings. The Labute approximate surface area is 97.6 Å². The molecule has 0 bridgehead atoms. The van der Waals surface area contributed by atoms with Crippen LogP contribution >= 0.6 is 11.3 Å². The number of nitrogens with two attached hydrogens (primary N) is 1. The molecular weight excluding hydrogens is 220 g/mol. The maximum absolute atomic E-state index is 10.7. The van der Waals surface area contributed by atoms with Crippen LogP contribution in [0.15, 0.2) is 30.5 Å². The van der Waals surface area contributed by atoms with Crippen molar-refractivity contribution in [1.82, 2.24) is 4.98 Å². The van der Waals surface area contributed by atoms with Gasteiger partial charge in [-0.3, -0.25) is 0 Å². The van der Waals surface area contributed by atoms with Crippen molar-refractivity contribution in [2.75, 3.05) is 5.73 Å². The van der Waals surface area contributed by atoms with Crippen LogP contribution in [0.2, 0.25) is 0 Å². The molecule has 4 heteroatoms. The predicted octanol–water partition coefficient (Wildman–Crippen LogP) is 1.91. The Morgan fingerprint density at radius 1 is 1.38 bits per heavy atom. The van der Waals surface area contributed by atoms with Crippen LogP contribution in [0.3, 0.4) is 0 Å². The number of thiazole rings is 1. The van der Waals surface area contributed by atoms with Crippen LogP contribution in [-0.4, -0.2) is 10.1 Å². The minimum atomic E-state index is -0.883. The van der Waals surface area contributed by atoms with E-state index in [1.165, 1.54) is 16.9 Å². The minimum absolute atomic E-state index is 0.507. The van der Waals surface area contributed by atoms with Gasteiger partial charge in [0, 0.05) is 6.20 Å². The summed E-state index contributed by atoms with van der Waals surface area (Å²) in [6.45, 7) is 0. The lowest BCUT2D eigenvalue weighted by molar-refractivity contribution is 0.0866. The lowest BCUT2D eigenvalue weighted by Gasteiger charge is -2.21. The Hall–Kier alpha value is -1.39. The first-order chi connectivity index (χ1) is 7.70. The second-order valence-corrected chi connectivity index (χ2v) is 5.14. The fourth-order valence-corrected chi connectivity index (χ4v) is 3.14. The Balaban J connectivity index is 2.14. The van der Waals surface area contributed by atoms with E-state index in [2.05, 4.69) is 11.1 Å². The molecule has 3 N–H and O–H groups in total. The molecule has 1 heterocycles. The summed E-state index contributed by atoms with van der Waals surface area (Å²) in [6, 6.07) is 8.01. The third-order valence-corrected chi connectivity index (χ3v) is 4.13. The summed E-state index contributed by atoms with van der Waals surface area (Å²) in [5, 5.41) is 11.3. The smallest absolute Gasteiger partial charge is 0.180 e. The van der Waals surface area contributed by atoms with Crippen molar-refractivity contribution in [3.8, 4) is 0 Å². The van der Waals surface area contributed by atoms with Gasteiger partial charge < -0.3 is 10.8 Å². The molecule has 0 saturated heterocycles. The van der Waals surface area contributed by atoms with Gasteiger partial charge in [0.2, 0.25) is 0 Å². The molecule has 1 aliphatic carbocycles. The molecule has 3 rings (SSSR count). The Morgan fingerprint density at radius 2 is 2.19 bits per heavy atom. The molecule has 82 valence electrons. The SMILES string of the molecule is Nc1ncc(C2(O)CCc3ccccc32)s1.